The zero-order chi connectivity index (χ0) is 22.6. The normalized spacial score (nSPS) is 24.5. The number of nitrogens with two attached hydrogens (primary N) is 1. The highest BCUT2D eigenvalue weighted by molar-refractivity contribution is 5.81. The van der Waals surface area contributed by atoms with Gasteiger partial charge in [-0.1, -0.05) is 48.8 Å². The predicted molar refractivity (Wildman–Crippen MR) is 133 cm³/mol. The van der Waals surface area contributed by atoms with E-state index in [9.17, 15) is 0 Å². The van der Waals surface area contributed by atoms with Crippen LogP contribution in [0.15, 0.2) is 41.3 Å². The first-order valence-electron chi connectivity index (χ1n) is 11.8. The fourth-order valence-corrected chi connectivity index (χ4v) is 4.92. The van der Waals surface area contributed by atoms with E-state index in [-0.39, 0.29) is 0 Å². The molecule has 0 unspecified atom stereocenters. The summed E-state index contributed by atoms with van der Waals surface area (Å²) in [5.41, 5.74) is 12.0. The number of hydrogen-bond donors (Lipinski definition) is 1. The van der Waals surface area contributed by atoms with Gasteiger partial charge in [0.1, 0.15) is 12.0 Å². The van der Waals surface area contributed by atoms with Crippen molar-refractivity contribution in [3.05, 3.63) is 41.3 Å². The van der Waals surface area contributed by atoms with E-state index in [1.165, 1.54) is 43.2 Å². The molecule has 0 amide bonds. The Hall–Kier alpha value is -2.30. The minimum atomic E-state index is 0.369. The quantitative estimate of drug-likeness (QED) is 0.511. The van der Waals surface area contributed by atoms with E-state index in [1.54, 1.807) is 5.57 Å². The maximum absolute atomic E-state index is 6.10. The number of allylic oxidation sites excluding steroid dienone is 5. The summed E-state index contributed by atoms with van der Waals surface area (Å²) in [5.74, 6) is 2.26. The summed E-state index contributed by atoms with van der Waals surface area (Å²) in [4.78, 5) is 12.9. The van der Waals surface area contributed by atoms with Gasteiger partial charge in [0, 0.05) is 13.6 Å². The third-order valence-electron chi connectivity index (χ3n) is 7.66. The third kappa shape index (κ3) is 5.31. The second-order valence-corrected chi connectivity index (χ2v) is 9.92. The smallest absolute Gasteiger partial charge is 0.159 e. The lowest BCUT2D eigenvalue weighted by atomic mass is 9.65. The van der Waals surface area contributed by atoms with Crippen LogP contribution in [0.2, 0.25) is 0 Å². The topological polar surface area (TPSA) is 58.3 Å². The molecule has 0 aromatic carbocycles. The summed E-state index contributed by atoms with van der Waals surface area (Å²) in [5, 5.41) is 0. The third-order valence-corrected chi connectivity index (χ3v) is 7.66. The van der Waals surface area contributed by atoms with Crippen molar-refractivity contribution in [3.8, 4) is 0 Å². The summed E-state index contributed by atoms with van der Waals surface area (Å²) < 4.78 is 0. The van der Waals surface area contributed by atoms with Crippen molar-refractivity contribution in [2.45, 2.75) is 73.1 Å². The fourth-order valence-electron chi connectivity index (χ4n) is 4.92. The summed E-state index contributed by atoms with van der Waals surface area (Å²) >= 11 is 0. The monoisotopic (exact) mass is 423 g/mol. The van der Waals surface area contributed by atoms with Gasteiger partial charge in [-0.25, -0.2) is 9.97 Å². The average molecular weight is 424 g/mol. The van der Waals surface area contributed by atoms with Crippen LogP contribution >= 0.6 is 0 Å². The molecule has 2 N–H and O–H groups in total. The number of aromatic nitrogens is 2. The van der Waals surface area contributed by atoms with Gasteiger partial charge in [0.2, 0.25) is 0 Å². The Morgan fingerprint density at radius 3 is 2.71 bits per heavy atom. The van der Waals surface area contributed by atoms with Crippen molar-refractivity contribution in [3.63, 3.8) is 0 Å². The minimum Gasteiger partial charge on any atom is -0.382 e. The lowest BCUT2D eigenvalue weighted by Crippen LogP contribution is -2.29. The van der Waals surface area contributed by atoms with Gasteiger partial charge >= 0.3 is 0 Å². The second-order valence-electron chi connectivity index (χ2n) is 9.92. The molecule has 0 spiro atoms. The van der Waals surface area contributed by atoms with Crippen molar-refractivity contribution in [1.82, 2.24) is 9.97 Å². The Labute approximate surface area is 189 Å². The molecule has 5 nitrogen and oxygen atoms in total. The Kier molecular flexibility index (Phi) is 7.45. The van der Waals surface area contributed by atoms with Crippen LogP contribution in [0, 0.1) is 11.3 Å². The van der Waals surface area contributed by atoms with Crippen LogP contribution in [0.4, 0.5) is 17.3 Å². The van der Waals surface area contributed by atoms with Crippen LogP contribution in [0.3, 0.4) is 0 Å². The van der Waals surface area contributed by atoms with Crippen LogP contribution in [-0.4, -0.2) is 30.2 Å². The highest BCUT2D eigenvalue weighted by Gasteiger charge is 2.34. The number of nitrogens with zero attached hydrogens (tertiary/aromatic N) is 4. The molecule has 5 heteroatoms. The van der Waals surface area contributed by atoms with E-state index in [2.05, 4.69) is 72.6 Å². The Morgan fingerprint density at radius 1 is 1.23 bits per heavy atom. The molecule has 31 heavy (non-hydrogen) atoms. The molecule has 0 bridgehead atoms. The molecule has 170 valence electrons. The molecule has 0 saturated carbocycles. The Bertz CT molecular complexity index is 869. The molecule has 1 aliphatic heterocycles. The van der Waals surface area contributed by atoms with Gasteiger partial charge in [0.05, 0.1) is 6.67 Å². The average Bonchev–Trinajstić information content (AvgIpc) is 3.06. The first kappa shape index (κ1) is 23.4. The first-order chi connectivity index (χ1) is 14.7. The van der Waals surface area contributed by atoms with Crippen LogP contribution in [0.1, 0.15) is 73.1 Å². The van der Waals surface area contributed by atoms with Gasteiger partial charge in [-0.15, -0.1) is 0 Å². The zero-order valence-corrected chi connectivity index (χ0v) is 20.4. The van der Waals surface area contributed by atoms with Crippen LogP contribution < -0.4 is 15.5 Å². The highest BCUT2D eigenvalue weighted by Crippen LogP contribution is 2.45. The van der Waals surface area contributed by atoms with Crippen LogP contribution in [0.5, 0.6) is 0 Å². The molecule has 2 heterocycles. The molecule has 2 atom stereocenters. The SMILES string of the molecule is CC1=CCC[C@@H](C)[C@]1(C)CC/C(C)=C/CC/C(C)=C/CN1CN(C)c2ncnc(N)c21. The van der Waals surface area contributed by atoms with Crippen molar-refractivity contribution in [2.75, 3.05) is 35.8 Å². The Balaban J connectivity index is 1.48. The molecule has 2 aliphatic rings. The molecule has 0 radical (unpaired) electrons. The van der Waals surface area contributed by atoms with Crippen LogP contribution in [-0.2, 0) is 0 Å². The number of fused-ring (bicyclic) bond motifs is 1. The number of nitrogen functional groups attached to an aromatic ring is 1. The van der Waals surface area contributed by atoms with E-state index in [1.807, 2.05) is 7.05 Å². The standard InChI is InChI=1S/C26H41N5/c1-19(13-15-26(5)21(3)11-8-12-22(26)4)9-7-10-20(2)14-16-31-18-30(6)25-23(31)24(27)28-17-29-25/h9,11,14,17,22H,7-8,10,12-13,15-16,18H2,1-6H3,(H2,27,28,29)/b19-9+,20-14+/t22-,26-/m1/s1. The van der Waals surface area contributed by atoms with E-state index in [0.717, 1.165) is 43.5 Å². The highest BCUT2D eigenvalue weighted by atomic mass is 15.4. The largest absolute Gasteiger partial charge is 0.382 e. The van der Waals surface area contributed by atoms with Gasteiger partial charge in [-0.05, 0) is 70.6 Å². The van der Waals surface area contributed by atoms with Gasteiger partial charge in [0.15, 0.2) is 11.6 Å². The summed E-state index contributed by atoms with van der Waals surface area (Å²) in [6, 6.07) is 0. The maximum Gasteiger partial charge on any atom is 0.159 e. The van der Waals surface area contributed by atoms with E-state index >= 15 is 0 Å². The predicted octanol–water partition coefficient (Wildman–Crippen LogP) is 6.11. The van der Waals surface area contributed by atoms with Crippen molar-refractivity contribution < 1.29 is 0 Å². The van der Waals surface area contributed by atoms with E-state index < -0.39 is 0 Å². The van der Waals surface area contributed by atoms with Crippen molar-refractivity contribution in [1.29, 1.82) is 0 Å². The minimum absolute atomic E-state index is 0.369. The van der Waals surface area contributed by atoms with E-state index in [0.29, 0.717) is 11.2 Å². The zero-order valence-electron chi connectivity index (χ0n) is 20.4. The molecule has 1 aliphatic carbocycles. The lowest BCUT2D eigenvalue weighted by molar-refractivity contribution is 0.211. The maximum atomic E-state index is 6.10. The number of rotatable bonds is 8. The number of hydrogen-bond acceptors (Lipinski definition) is 5. The molecule has 0 saturated heterocycles. The molecule has 0 fully saturated rings. The molecule has 1 aromatic rings. The van der Waals surface area contributed by atoms with Gasteiger partial charge in [-0.3, -0.25) is 0 Å². The van der Waals surface area contributed by atoms with Gasteiger partial charge in [0.25, 0.3) is 0 Å². The summed E-state index contributed by atoms with van der Waals surface area (Å²) in [6.07, 6.45) is 16.0. The molecule has 1 aromatic heterocycles. The summed E-state index contributed by atoms with van der Waals surface area (Å²) in [6.45, 7) is 13.4. The molecule has 3 rings (SSSR count). The van der Waals surface area contributed by atoms with Gasteiger partial charge < -0.3 is 15.5 Å². The first-order valence-corrected chi connectivity index (χ1v) is 11.8. The van der Waals surface area contributed by atoms with Gasteiger partial charge in [-0.2, -0.15) is 0 Å². The molecular formula is C26H41N5. The summed E-state index contributed by atoms with van der Waals surface area (Å²) in [7, 11) is 2.04. The fraction of sp³-hybridized carbons (Fsp3) is 0.615. The number of anilines is 3. The van der Waals surface area contributed by atoms with Crippen LogP contribution in [0.25, 0.3) is 0 Å². The lowest BCUT2D eigenvalue weighted by Gasteiger charge is -2.40. The Morgan fingerprint density at radius 2 is 1.97 bits per heavy atom. The van der Waals surface area contributed by atoms with Crippen molar-refractivity contribution in [2.24, 2.45) is 11.3 Å². The van der Waals surface area contributed by atoms with E-state index in [4.69, 9.17) is 5.73 Å². The van der Waals surface area contributed by atoms with Crippen molar-refractivity contribution >= 4 is 17.3 Å². The molecular weight excluding hydrogens is 382 g/mol. The second kappa shape index (κ2) is 9.88.